The van der Waals surface area contributed by atoms with Gasteiger partial charge in [0.05, 0.1) is 0 Å². The van der Waals surface area contributed by atoms with Gasteiger partial charge in [0.2, 0.25) is 0 Å². The van der Waals surface area contributed by atoms with Crippen molar-refractivity contribution in [3.05, 3.63) is 35.5 Å². The predicted molar refractivity (Wildman–Crippen MR) is 115 cm³/mol. The quantitative estimate of drug-likeness (QED) is 0.748. The molecule has 2 saturated heterocycles. The van der Waals surface area contributed by atoms with Crippen molar-refractivity contribution in [2.45, 2.75) is 45.3 Å². The van der Waals surface area contributed by atoms with E-state index < -0.39 is 0 Å². The molecule has 2 fully saturated rings. The van der Waals surface area contributed by atoms with Crippen LogP contribution in [0.4, 0.5) is 0 Å². The van der Waals surface area contributed by atoms with Gasteiger partial charge in [-0.1, -0.05) is 11.6 Å². The molecule has 27 heavy (non-hydrogen) atoms. The molecule has 2 aliphatic heterocycles. The van der Waals surface area contributed by atoms with Crippen LogP contribution < -0.4 is 0 Å². The number of rotatable bonds is 6. The second-order valence-electron chi connectivity index (χ2n) is 8.41. The molecular weight excluding hydrogens is 356 g/mol. The summed E-state index contributed by atoms with van der Waals surface area (Å²) in [5.74, 6) is 0. The summed E-state index contributed by atoms with van der Waals surface area (Å²) in [5, 5.41) is 2.05. The van der Waals surface area contributed by atoms with Crippen LogP contribution in [0.3, 0.4) is 0 Å². The van der Waals surface area contributed by atoms with Crippen LogP contribution in [0.15, 0.2) is 30.5 Å². The molecule has 2 aliphatic rings. The van der Waals surface area contributed by atoms with Crippen LogP contribution >= 0.6 is 11.6 Å². The number of benzene rings is 1. The molecule has 0 amide bonds. The van der Waals surface area contributed by atoms with Gasteiger partial charge in [0.25, 0.3) is 0 Å². The van der Waals surface area contributed by atoms with Crippen molar-refractivity contribution in [3.8, 4) is 0 Å². The first-order valence-corrected chi connectivity index (χ1v) is 10.9. The van der Waals surface area contributed by atoms with Gasteiger partial charge in [0.15, 0.2) is 0 Å². The molecule has 5 heteroatoms. The average Bonchev–Trinajstić information content (AvgIpc) is 3.22. The molecule has 0 bridgehead atoms. The lowest BCUT2D eigenvalue weighted by atomic mass is 10.2. The van der Waals surface area contributed by atoms with Gasteiger partial charge < -0.3 is 4.57 Å². The first-order valence-electron chi connectivity index (χ1n) is 10.5. The van der Waals surface area contributed by atoms with Crippen LogP contribution in [0.25, 0.3) is 10.9 Å². The molecule has 0 unspecified atom stereocenters. The fraction of sp³-hybridized carbons (Fsp3) is 0.636. The fourth-order valence-electron chi connectivity index (χ4n) is 4.80. The number of halogens is 1. The average molecular weight is 389 g/mol. The predicted octanol–water partition coefficient (Wildman–Crippen LogP) is 3.79. The minimum absolute atomic E-state index is 0.771. The van der Waals surface area contributed by atoms with Crippen LogP contribution in [0, 0.1) is 0 Å². The van der Waals surface area contributed by atoms with E-state index in [-0.39, 0.29) is 0 Å². The second-order valence-corrected chi connectivity index (χ2v) is 8.85. The van der Waals surface area contributed by atoms with Gasteiger partial charge in [-0.3, -0.25) is 14.7 Å². The lowest BCUT2D eigenvalue weighted by Crippen LogP contribution is -2.49. The molecule has 4 rings (SSSR count). The van der Waals surface area contributed by atoms with E-state index in [1.807, 2.05) is 12.1 Å². The van der Waals surface area contributed by atoms with Crippen LogP contribution in [0.5, 0.6) is 0 Å². The van der Waals surface area contributed by atoms with Crippen molar-refractivity contribution in [2.75, 3.05) is 45.8 Å². The normalized spacial score (nSPS) is 25.6. The first kappa shape index (κ1) is 19.3. The molecule has 0 N–H and O–H groups in total. The largest absolute Gasteiger partial charge is 0.346 e. The number of hydrogen-bond donors (Lipinski definition) is 0. The van der Waals surface area contributed by atoms with E-state index in [1.165, 1.54) is 63.0 Å². The first-order chi connectivity index (χ1) is 13.1. The minimum atomic E-state index is 0.771. The second kappa shape index (κ2) is 8.52. The summed E-state index contributed by atoms with van der Waals surface area (Å²) in [7, 11) is 0. The maximum atomic E-state index is 6.10. The van der Waals surface area contributed by atoms with Crippen LogP contribution in [0.1, 0.15) is 26.7 Å². The highest BCUT2D eigenvalue weighted by Crippen LogP contribution is 2.23. The van der Waals surface area contributed by atoms with Gasteiger partial charge in [-0.25, -0.2) is 0 Å². The molecule has 3 heterocycles. The molecule has 1 aromatic heterocycles. The summed E-state index contributed by atoms with van der Waals surface area (Å²) < 4.78 is 2.36. The Morgan fingerprint density at radius 1 is 0.852 bits per heavy atom. The Bertz CT molecular complexity index is 740. The molecule has 1 aromatic carbocycles. The maximum Gasteiger partial charge on any atom is 0.0481 e. The summed E-state index contributed by atoms with van der Waals surface area (Å²) in [5.41, 5.74) is 1.28. The molecule has 2 aromatic rings. The molecule has 0 radical (unpaired) electrons. The standard InChI is InChI=1S/C22H33ClN4/c1-18-3-4-19(2)27(18)16-14-25-11-9-24(10-12-25)13-15-26-8-7-20-17-21(23)5-6-22(20)26/h5-8,17-19H,3-4,9-16H2,1-2H3/t18-,19-/m1/s1. The van der Waals surface area contributed by atoms with Crippen molar-refractivity contribution in [2.24, 2.45) is 0 Å². The maximum absolute atomic E-state index is 6.10. The Kier molecular flexibility index (Phi) is 6.08. The van der Waals surface area contributed by atoms with Gasteiger partial charge in [-0.15, -0.1) is 0 Å². The number of hydrogen-bond acceptors (Lipinski definition) is 3. The topological polar surface area (TPSA) is 14.7 Å². The fourth-order valence-corrected chi connectivity index (χ4v) is 4.98. The Labute approximate surface area is 168 Å². The van der Waals surface area contributed by atoms with E-state index in [4.69, 9.17) is 11.6 Å². The third-order valence-corrected chi connectivity index (χ3v) is 6.90. The number of piperazine rings is 1. The highest BCUT2D eigenvalue weighted by molar-refractivity contribution is 6.31. The van der Waals surface area contributed by atoms with Crippen LogP contribution in [-0.2, 0) is 6.54 Å². The van der Waals surface area contributed by atoms with E-state index in [0.29, 0.717) is 0 Å². The monoisotopic (exact) mass is 388 g/mol. The molecule has 2 atom stereocenters. The van der Waals surface area contributed by atoms with E-state index in [9.17, 15) is 0 Å². The van der Waals surface area contributed by atoms with Crippen LogP contribution in [-0.4, -0.2) is 77.2 Å². The highest BCUT2D eigenvalue weighted by Gasteiger charge is 2.27. The summed E-state index contributed by atoms with van der Waals surface area (Å²) >= 11 is 6.10. The molecule has 0 spiro atoms. The number of aromatic nitrogens is 1. The Balaban J connectivity index is 1.21. The zero-order valence-electron chi connectivity index (χ0n) is 16.8. The van der Waals surface area contributed by atoms with Crippen molar-refractivity contribution < 1.29 is 0 Å². The van der Waals surface area contributed by atoms with Gasteiger partial charge >= 0.3 is 0 Å². The SMILES string of the molecule is C[C@@H]1CC[C@@H](C)N1CCN1CCN(CCn2ccc3cc(Cl)ccc32)CC1. The van der Waals surface area contributed by atoms with E-state index >= 15 is 0 Å². The third kappa shape index (κ3) is 4.51. The number of fused-ring (bicyclic) bond motifs is 1. The molecule has 0 saturated carbocycles. The lowest BCUT2D eigenvalue weighted by Gasteiger charge is -2.36. The smallest absolute Gasteiger partial charge is 0.0481 e. The van der Waals surface area contributed by atoms with Crippen molar-refractivity contribution in [1.82, 2.24) is 19.3 Å². The Morgan fingerprint density at radius 2 is 1.48 bits per heavy atom. The van der Waals surface area contributed by atoms with E-state index in [1.54, 1.807) is 0 Å². The van der Waals surface area contributed by atoms with Gasteiger partial charge in [-0.2, -0.15) is 0 Å². The van der Waals surface area contributed by atoms with Crippen molar-refractivity contribution in [3.63, 3.8) is 0 Å². The zero-order valence-corrected chi connectivity index (χ0v) is 17.5. The Morgan fingerprint density at radius 3 is 2.15 bits per heavy atom. The zero-order chi connectivity index (χ0) is 18.8. The molecule has 0 aliphatic carbocycles. The van der Waals surface area contributed by atoms with E-state index in [2.05, 4.69) is 51.4 Å². The number of nitrogens with zero attached hydrogens (tertiary/aromatic N) is 4. The Hall–Kier alpha value is -1.07. The van der Waals surface area contributed by atoms with Gasteiger partial charge in [-0.05, 0) is 51.0 Å². The van der Waals surface area contributed by atoms with Crippen molar-refractivity contribution in [1.29, 1.82) is 0 Å². The van der Waals surface area contributed by atoms with Gasteiger partial charge in [0.1, 0.15) is 0 Å². The minimum Gasteiger partial charge on any atom is -0.346 e. The summed E-state index contributed by atoms with van der Waals surface area (Å²) in [4.78, 5) is 7.97. The van der Waals surface area contributed by atoms with E-state index in [0.717, 1.165) is 30.2 Å². The highest BCUT2D eigenvalue weighted by atomic mass is 35.5. The summed E-state index contributed by atoms with van der Waals surface area (Å²) in [6, 6.07) is 9.88. The summed E-state index contributed by atoms with van der Waals surface area (Å²) in [6.07, 6.45) is 4.93. The van der Waals surface area contributed by atoms with Crippen molar-refractivity contribution >= 4 is 22.5 Å². The van der Waals surface area contributed by atoms with Gasteiger partial charge in [0, 0.05) is 86.6 Å². The number of likely N-dealkylation sites (tertiary alicyclic amines) is 1. The molecule has 148 valence electrons. The lowest BCUT2D eigenvalue weighted by molar-refractivity contribution is 0.108. The third-order valence-electron chi connectivity index (χ3n) is 6.66. The summed E-state index contributed by atoms with van der Waals surface area (Å²) in [6.45, 7) is 14.2. The van der Waals surface area contributed by atoms with Crippen LogP contribution in [0.2, 0.25) is 5.02 Å². The molecular formula is C22H33ClN4. The molecule has 4 nitrogen and oxygen atoms in total.